The molecule has 2 aromatic heterocycles. The first-order valence-electron chi connectivity index (χ1n) is 6.79. The Morgan fingerprint density at radius 3 is 2.61 bits per heavy atom. The summed E-state index contributed by atoms with van der Waals surface area (Å²) in [7, 11) is 1.28. The van der Waals surface area contributed by atoms with Gasteiger partial charge in [-0.25, -0.2) is 9.97 Å². The van der Waals surface area contributed by atoms with Gasteiger partial charge in [-0.2, -0.15) is 0 Å². The maximum Gasteiger partial charge on any atom is 0.325 e. The van der Waals surface area contributed by atoms with Gasteiger partial charge in [-0.05, 0) is 28.1 Å². The summed E-state index contributed by atoms with van der Waals surface area (Å²) in [5.41, 5.74) is 1.01. The molecule has 0 fully saturated rings. The van der Waals surface area contributed by atoms with Gasteiger partial charge in [-0.3, -0.25) is 14.2 Å². The largest absolute Gasteiger partial charge is 0.468 e. The average Bonchev–Trinajstić information content (AvgIpc) is 2.58. The number of esters is 1. The van der Waals surface area contributed by atoms with Gasteiger partial charge >= 0.3 is 5.97 Å². The molecule has 23 heavy (non-hydrogen) atoms. The Hall–Kier alpha value is -2.54. The van der Waals surface area contributed by atoms with Crippen LogP contribution in [0.1, 0.15) is 0 Å². The molecule has 0 aliphatic carbocycles. The standard InChI is InChI=1S/C16H12BrN3O3/c1-23-13(21)9-20-15(10-5-3-2-4-6-10)18-11-7-8-12(17)19-14(11)16(20)22/h2-8H,9H2,1H3. The Morgan fingerprint density at radius 2 is 1.91 bits per heavy atom. The Bertz CT molecular complexity index is 938. The van der Waals surface area contributed by atoms with E-state index in [2.05, 4.69) is 30.6 Å². The van der Waals surface area contributed by atoms with E-state index in [0.717, 1.165) is 5.56 Å². The average molecular weight is 374 g/mol. The second-order valence-electron chi connectivity index (χ2n) is 4.77. The second kappa shape index (κ2) is 6.29. The number of hydrogen-bond donors (Lipinski definition) is 0. The van der Waals surface area contributed by atoms with Crippen molar-refractivity contribution in [3.8, 4) is 11.4 Å². The molecule has 0 saturated heterocycles. The van der Waals surface area contributed by atoms with E-state index in [1.807, 2.05) is 30.3 Å². The molecule has 0 atom stereocenters. The Morgan fingerprint density at radius 1 is 1.17 bits per heavy atom. The van der Waals surface area contributed by atoms with Gasteiger partial charge in [-0.1, -0.05) is 30.3 Å². The predicted molar refractivity (Wildman–Crippen MR) is 89.0 cm³/mol. The molecule has 1 aromatic carbocycles. The highest BCUT2D eigenvalue weighted by molar-refractivity contribution is 9.10. The summed E-state index contributed by atoms with van der Waals surface area (Å²) in [6.45, 7) is -0.226. The molecule has 0 spiro atoms. The van der Waals surface area contributed by atoms with E-state index in [1.54, 1.807) is 12.1 Å². The lowest BCUT2D eigenvalue weighted by Gasteiger charge is -2.12. The van der Waals surface area contributed by atoms with Crippen LogP contribution in [0.4, 0.5) is 0 Å². The van der Waals surface area contributed by atoms with Gasteiger partial charge in [0, 0.05) is 5.56 Å². The number of nitrogens with zero attached hydrogens (tertiary/aromatic N) is 3. The molecular weight excluding hydrogens is 362 g/mol. The van der Waals surface area contributed by atoms with Gasteiger partial charge < -0.3 is 4.74 Å². The fourth-order valence-electron chi connectivity index (χ4n) is 2.22. The van der Waals surface area contributed by atoms with E-state index in [0.29, 0.717) is 15.9 Å². The van der Waals surface area contributed by atoms with Gasteiger partial charge in [0.05, 0.1) is 12.6 Å². The van der Waals surface area contributed by atoms with Crippen LogP contribution in [0.15, 0.2) is 51.9 Å². The first-order chi connectivity index (χ1) is 11.1. The van der Waals surface area contributed by atoms with Crippen LogP contribution in [-0.2, 0) is 16.1 Å². The van der Waals surface area contributed by atoms with Crippen molar-refractivity contribution in [1.82, 2.24) is 14.5 Å². The smallest absolute Gasteiger partial charge is 0.325 e. The SMILES string of the molecule is COC(=O)Cn1c(-c2ccccc2)nc2ccc(Br)nc2c1=O. The van der Waals surface area contributed by atoms with Gasteiger partial charge in [0.1, 0.15) is 17.0 Å². The fraction of sp³-hybridized carbons (Fsp3) is 0.125. The normalized spacial score (nSPS) is 10.7. The highest BCUT2D eigenvalue weighted by Crippen LogP contribution is 2.19. The van der Waals surface area contributed by atoms with Crippen LogP contribution < -0.4 is 5.56 Å². The first-order valence-corrected chi connectivity index (χ1v) is 7.59. The lowest BCUT2D eigenvalue weighted by molar-refractivity contribution is -0.141. The summed E-state index contributed by atoms with van der Waals surface area (Å²) >= 11 is 3.24. The molecule has 0 amide bonds. The van der Waals surface area contributed by atoms with E-state index < -0.39 is 5.97 Å². The summed E-state index contributed by atoms with van der Waals surface area (Å²) in [6.07, 6.45) is 0. The molecule has 0 N–H and O–H groups in total. The highest BCUT2D eigenvalue weighted by atomic mass is 79.9. The van der Waals surface area contributed by atoms with E-state index >= 15 is 0 Å². The van der Waals surface area contributed by atoms with Crippen LogP contribution in [0, 0.1) is 0 Å². The van der Waals surface area contributed by atoms with Crippen molar-refractivity contribution in [2.45, 2.75) is 6.54 Å². The molecule has 2 heterocycles. The first kappa shape index (κ1) is 15.4. The Balaban J connectivity index is 2.32. The van der Waals surface area contributed by atoms with Crippen molar-refractivity contribution >= 4 is 32.9 Å². The van der Waals surface area contributed by atoms with Gasteiger partial charge in [0.2, 0.25) is 0 Å². The maximum absolute atomic E-state index is 12.8. The van der Waals surface area contributed by atoms with Crippen LogP contribution in [0.3, 0.4) is 0 Å². The lowest BCUT2D eigenvalue weighted by Crippen LogP contribution is -2.28. The number of rotatable bonds is 3. The third-order valence-corrected chi connectivity index (χ3v) is 3.76. The van der Waals surface area contributed by atoms with Gasteiger partial charge in [-0.15, -0.1) is 0 Å². The number of carbonyl (C=O) groups excluding carboxylic acids is 1. The minimum Gasteiger partial charge on any atom is -0.468 e. The molecule has 0 unspecified atom stereocenters. The van der Waals surface area contributed by atoms with E-state index in [-0.39, 0.29) is 17.6 Å². The molecule has 0 saturated carbocycles. The molecule has 0 aliphatic heterocycles. The fourth-order valence-corrected chi connectivity index (χ4v) is 2.53. The lowest BCUT2D eigenvalue weighted by atomic mass is 10.2. The number of ether oxygens (including phenoxy) is 1. The molecule has 3 rings (SSSR count). The zero-order valence-corrected chi connectivity index (χ0v) is 13.8. The third-order valence-electron chi connectivity index (χ3n) is 3.32. The summed E-state index contributed by atoms with van der Waals surface area (Å²) in [5, 5.41) is 0. The summed E-state index contributed by atoms with van der Waals surface area (Å²) in [5.74, 6) is -0.127. The van der Waals surface area contributed by atoms with E-state index in [9.17, 15) is 9.59 Å². The Labute approximate surface area is 139 Å². The number of aromatic nitrogens is 3. The molecule has 3 aromatic rings. The number of pyridine rings is 1. The topological polar surface area (TPSA) is 74.1 Å². The Kier molecular flexibility index (Phi) is 4.20. The minimum atomic E-state index is -0.527. The number of methoxy groups -OCH3 is 1. The summed E-state index contributed by atoms with van der Waals surface area (Å²) < 4.78 is 6.49. The maximum atomic E-state index is 12.8. The second-order valence-corrected chi connectivity index (χ2v) is 5.58. The van der Waals surface area contributed by atoms with Crippen LogP contribution in [0.2, 0.25) is 0 Å². The summed E-state index contributed by atoms with van der Waals surface area (Å²) in [6, 6.07) is 12.6. The molecule has 0 aliphatic rings. The van der Waals surface area contributed by atoms with E-state index in [1.165, 1.54) is 11.7 Å². The van der Waals surface area contributed by atoms with Gasteiger partial charge in [0.25, 0.3) is 5.56 Å². The highest BCUT2D eigenvalue weighted by Gasteiger charge is 2.16. The van der Waals surface area contributed by atoms with Crippen molar-refractivity contribution in [1.29, 1.82) is 0 Å². The van der Waals surface area contributed by atoms with E-state index in [4.69, 9.17) is 0 Å². The molecule has 116 valence electrons. The number of carbonyl (C=O) groups is 1. The van der Waals surface area contributed by atoms with Gasteiger partial charge in [0.15, 0.2) is 5.52 Å². The number of hydrogen-bond acceptors (Lipinski definition) is 5. The predicted octanol–water partition coefficient (Wildman–Crippen LogP) is 2.39. The number of halogens is 1. The molecule has 7 heteroatoms. The number of benzene rings is 1. The third kappa shape index (κ3) is 3.00. The zero-order valence-electron chi connectivity index (χ0n) is 12.2. The van der Waals surface area contributed by atoms with Crippen LogP contribution in [0.25, 0.3) is 22.4 Å². The van der Waals surface area contributed by atoms with Crippen molar-refractivity contribution in [3.05, 3.63) is 57.4 Å². The monoisotopic (exact) mass is 373 g/mol. The van der Waals surface area contributed by atoms with Crippen LogP contribution in [-0.4, -0.2) is 27.6 Å². The van der Waals surface area contributed by atoms with Crippen molar-refractivity contribution < 1.29 is 9.53 Å². The molecule has 6 nitrogen and oxygen atoms in total. The van der Waals surface area contributed by atoms with Crippen molar-refractivity contribution in [2.75, 3.05) is 7.11 Å². The molecular formula is C16H12BrN3O3. The zero-order chi connectivity index (χ0) is 16.4. The quantitative estimate of drug-likeness (QED) is 0.520. The van der Waals surface area contributed by atoms with Crippen molar-refractivity contribution in [3.63, 3.8) is 0 Å². The van der Waals surface area contributed by atoms with Crippen molar-refractivity contribution in [2.24, 2.45) is 0 Å². The number of fused-ring (bicyclic) bond motifs is 1. The minimum absolute atomic E-state index is 0.197. The van der Waals surface area contributed by atoms with Crippen LogP contribution >= 0.6 is 15.9 Å². The van der Waals surface area contributed by atoms with Crippen LogP contribution in [0.5, 0.6) is 0 Å². The molecule has 0 radical (unpaired) electrons. The summed E-state index contributed by atoms with van der Waals surface area (Å²) in [4.78, 5) is 33.1. The molecule has 0 bridgehead atoms.